The number of H-pyrrole nitrogens is 1. The molecular weight excluding hydrogens is 477 g/mol. The number of carbonyl (C=O) groups excluding carboxylic acids is 2. The maximum atomic E-state index is 15.2. The quantitative estimate of drug-likeness (QED) is 0.400. The third kappa shape index (κ3) is 3.80. The van der Waals surface area contributed by atoms with Gasteiger partial charge in [0, 0.05) is 57.6 Å². The van der Waals surface area contributed by atoms with Gasteiger partial charge < -0.3 is 24.7 Å². The lowest BCUT2D eigenvalue weighted by atomic mass is 9.85. The van der Waals surface area contributed by atoms with Crippen molar-refractivity contribution in [2.45, 2.75) is 25.3 Å². The minimum atomic E-state index is -0.833. The molecule has 9 nitrogen and oxygen atoms in total. The van der Waals surface area contributed by atoms with Crippen molar-refractivity contribution in [3.63, 3.8) is 0 Å². The van der Waals surface area contributed by atoms with Gasteiger partial charge >= 0.3 is 0 Å². The van der Waals surface area contributed by atoms with Crippen LogP contribution in [0.3, 0.4) is 0 Å². The van der Waals surface area contributed by atoms with E-state index in [1.165, 1.54) is 24.4 Å². The number of nitrogens with one attached hydrogen (secondary N) is 2. The molecule has 0 saturated carbocycles. The number of rotatable bonds is 4. The SMILES string of the molecule is Cc1ccnc(Oc2ccc(C(=O)c3c[nH]c4ncc5c(c34)NC3(CCOCC3)C(=O)N5C)c(F)c2)c1. The first-order valence-electron chi connectivity index (χ1n) is 12.0. The molecule has 1 amide bonds. The van der Waals surface area contributed by atoms with E-state index in [-0.39, 0.29) is 22.8 Å². The Morgan fingerprint density at radius 3 is 2.73 bits per heavy atom. The van der Waals surface area contributed by atoms with Gasteiger partial charge in [0.05, 0.1) is 34.1 Å². The predicted octanol–water partition coefficient (Wildman–Crippen LogP) is 4.37. The molecule has 5 heterocycles. The van der Waals surface area contributed by atoms with Gasteiger partial charge in [-0.1, -0.05) is 0 Å². The zero-order valence-corrected chi connectivity index (χ0v) is 20.3. The lowest BCUT2D eigenvalue weighted by Gasteiger charge is -2.44. The highest BCUT2D eigenvalue weighted by Crippen LogP contribution is 2.43. The van der Waals surface area contributed by atoms with Gasteiger partial charge in [-0.2, -0.15) is 0 Å². The maximum Gasteiger partial charge on any atom is 0.252 e. The van der Waals surface area contributed by atoms with Gasteiger partial charge in [0.1, 0.15) is 22.8 Å². The number of amides is 1. The molecule has 1 aromatic carbocycles. The molecule has 2 aliphatic heterocycles. The number of halogens is 1. The highest BCUT2D eigenvalue weighted by molar-refractivity contribution is 6.22. The van der Waals surface area contributed by atoms with Gasteiger partial charge in [-0.15, -0.1) is 0 Å². The van der Waals surface area contributed by atoms with Crippen molar-refractivity contribution in [2.75, 3.05) is 30.5 Å². The Bertz CT molecular complexity index is 1560. The van der Waals surface area contributed by atoms with Crippen molar-refractivity contribution >= 4 is 34.1 Å². The first kappa shape index (κ1) is 23.1. The number of carbonyl (C=O) groups is 2. The van der Waals surface area contributed by atoms with Crippen LogP contribution >= 0.6 is 0 Å². The van der Waals surface area contributed by atoms with Crippen LogP contribution in [0.15, 0.2) is 48.9 Å². The van der Waals surface area contributed by atoms with Crippen molar-refractivity contribution in [3.05, 3.63) is 71.4 Å². The molecule has 3 aromatic heterocycles. The fourth-order valence-corrected chi connectivity index (χ4v) is 5.00. The number of fused-ring (bicyclic) bond motifs is 3. The summed E-state index contributed by atoms with van der Waals surface area (Å²) < 4.78 is 26.3. The number of ether oxygens (including phenoxy) is 2. The smallest absolute Gasteiger partial charge is 0.252 e. The summed E-state index contributed by atoms with van der Waals surface area (Å²) in [6.07, 6.45) is 5.72. The lowest BCUT2D eigenvalue weighted by molar-refractivity contribution is -0.125. The van der Waals surface area contributed by atoms with Crippen molar-refractivity contribution in [3.8, 4) is 11.6 Å². The molecule has 0 aliphatic carbocycles. The van der Waals surface area contributed by atoms with Crippen molar-refractivity contribution < 1.29 is 23.5 Å². The van der Waals surface area contributed by atoms with E-state index in [4.69, 9.17) is 9.47 Å². The number of aromatic nitrogens is 3. The van der Waals surface area contributed by atoms with Gasteiger partial charge in [-0.3, -0.25) is 9.59 Å². The molecule has 10 heteroatoms. The first-order valence-corrected chi connectivity index (χ1v) is 12.0. The van der Waals surface area contributed by atoms with E-state index < -0.39 is 17.1 Å². The van der Waals surface area contributed by atoms with Crippen molar-refractivity contribution in [2.24, 2.45) is 0 Å². The molecule has 1 spiro atoms. The van der Waals surface area contributed by atoms with Crippen LogP contribution in [-0.4, -0.2) is 52.4 Å². The monoisotopic (exact) mass is 501 g/mol. The van der Waals surface area contributed by atoms with E-state index in [2.05, 4.69) is 20.3 Å². The number of aryl methyl sites for hydroxylation is 1. The molecular formula is C27H24FN5O4. The van der Waals surface area contributed by atoms with E-state index >= 15 is 4.39 Å². The second-order valence-electron chi connectivity index (χ2n) is 9.37. The maximum absolute atomic E-state index is 15.2. The molecule has 0 unspecified atom stereocenters. The summed E-state index contributed by atoms with van der Waals surface area (Å²) in [6.45, 7) is 2.80. The summed E-state index contributed by atoms with van der Waals surface area (Å²) in [4.78, 5) is 40.0. The number of benzene rings is 1. The van der Waals surface area contributed by atoms with Crippen LogP contribution in [0.5, 0.6) is 11.6 Å². The van der Waals surface area contributed by atoms with Crippen LogP contribution in [0.4, 0.5) is 15.8 Å². The topological polar surface area (TPSA) is 109 Å². The summed E-state index contributed by atoms with van der Waals surface area (Å²) in [6, 6.07) is 7.66. The summed E-state index contributed by atoms with van der Waals surface area (Å²) in [5, 5.41) is 3.93. The predicted molar refractivity (Wildman–Crippen MR) is 135 cm³/mol. The van der Waals surface area contributed by atoms with E-state index in [0.717, 1.165) is 5.56 Å². The lowest BCUT2D eigenvalue weighted by Crippen LogP contribution is -2.59. The fraction of sp³-hybridized carbons (Fsp3) is 0.259. The van der Waals surface area contributed by atoms with Crippen molar-refractivity contribution in [1.29, 1.82) is 0 Å². The average molecular weight is 502 g/mol. The summed E-state index contributed by atoms with van der Waals surface area (Å²) >= 11 is 0. The van der Waals surface area contributed by atoms with Gasteiger partial charge in [0.25, 0.3) is 5.91 Å². The van der Waals surface area contributed by atoms with Gasteiger partial charge in [0.15, 0.2) is 5.78 Å². The molecule has 2 N–H and O–H groups in total. The van der Waals surface area contributed by atoms with E-state index in [1.54, 1.807) is 30.4 Å². The molecule has 2 aliphatic rings. The zero-order chi connectivity index (χ0) is 25.7. The summed E-state index contributed by atoms with van der Waals surface area (Å²) in [5.41, 5.74) is 1.90. The fourth-order valence-electron chi connectivity index (χ4n) is 5.00. The third-order valence-electron chi connectivity index (χ3n) is 7.01. The highest BCUT2D eigenvalue weighted by Gasteiger charge is 2.47. The molecule has 37 heavy (non-hydrogen) atoms. The number of pyridine rings is 2. The number of hydrogen-bond acceptors (Lipinski definition) is 7. The van der Waals surface area contributed by atoms with E-state index in [0.29, 0.717) is 54.3 Å². The van der Waals surface area contributed by atoms with Crippen LogP contribution in [0.25, 0.3) is 11.0 Å². The number of nitrogens with zero attached hydrogens (tertiary/aromatic N) is 3. The van der Waals surface area contributed by atoms with E-state index in [1.807, 2.05) is 13.0 Å². The Morgan fingerprint density at radius 2 is 1.97 bits per heavy atom. The zero-order valence-electron chi connectivity index (χ0n) is 20.3. The van der Waals surface area contributed by atoms with Crippen LogP contribution in [0.1, 0.15) is 34.3 Å². The molecule has 188 valence electrons. The molecule has 4 aromatic rings. The van der Waals surface area contributed by atoms with Crippen LogP contribution < -0.4 is 15.0 Å². The second kappa shape index (κ2) is 8.67. The molecule has 1 fully saturated rings. The Labute approximate surface area is 211 Å². The third-order valence-corrected chi connectivity index (χ3v) is 7.01. The van der Waals surface area contributed by atoms with E-state index in [9.17, 15) is 9.59 Å². The first-order chi connectivity index (χ1) is 17.9. The number of ketones is 1. The Morgan fingerprint density at radius 1 is 1.16 bits per heavy atom. The average Bonchev–Trinajstić information content (AvgIpc) is 3.33. The van der Waals surface area contributed by atoms with Crippen molar-refractivity contribution in [1.82, 2.24) is 15.0 Å². The second-order valence-corrected chi connectivity index (χ2v) is 9.37. The standard InChI is InChI=1S/C27H24FN5O4/c1-15-5-8-29-21(11-15)37-16-3-4-17(19(28)12-16)24(34)18-13-30-25-22(18)23-20(14-31-25)33(2)26(35)27(32-23)6-9-36-10-7-27/h3-5,8,11-14,32H,6-7,9-10H2,1-2H3,(H,30,31). The minimum absolute atomic E-state index is 0.0717. The summed E-state index contributed by atoms with van der Waals surface area (Å²) in [7, 11) is 1.70. The summed E-state index contributed by atoms with van der Waals surface area (Å²) in [5.74, 6) is -0.740. The molecule has 0 atom stereocenters. The number of hydrogen-bond donors (Lipinski definition) is 2. The van der Waals surface area contributed by atoms with Gasteiger partial charge in [-0.25, -0.2) is 14.4 Å². The minimum Gasteiger partial charge on any atom is -0.439 e. The Hall–Kier alpha value is -4.31. The Kier molecular flexibility index (Phi) is 5.41. The van der Waals surface area contributed by atoms with Gasteiger partial charge in [0.2, 0.25) is 5.88 Å². The number of aromatic amines is 1. The molecule has 0 bridgehead atoms. The van der Waals surface area contributed by atoms with Gasteiger partial charge in [-0.05, 0) is 30.7 Å². The van der Waals surface area contributed by atoms with Crippen LogP contribution in [0, 0.1) is 12.7 Å². The van der Waals surface area contributed by atoms with Crippen LogP contribution in [-0.2, 0) is 9.53 Å². The number of anilines is 2. The normalized spacial score (nSPS) is 16.5. The highest BCUT2D eigenvalue weighted by atomic mass is 19.1. The molecule has 0 radical (unpaired) electrons. The number of likely N-dealkylation sites (N-methyl/N-ethyl adjacent to an activating group) is 1. The Balaban J connectivity index is 1.38. The molecule has 6 rings (SSSR count). The largest absolute Gasteiger partial charge is 0.439 e. The molecule has 1 saturated heterocycles. The van der Waals surface area contributed by atoms with Crippen LogP contribution in [0.2, 0.25) is 0 Å².